The Morgan fingerprint density at radius 1 is 0.750 bits per heavy atom. The van der Waals surface area contributed by atoms with Crippen molar-refractivity contribution in [1.82, 2.24) is 19.9 Å². The molecule has 0 saturated carbocycles. The van der Waals surface area contributed by atoms with Crippen molar-refractivity contribution in [3.05, 3.63) is 36.4 Å². The van der Waals surface area contributed by atoms with Crippen LogP contribution >= 0.6 is 0 Å². The molecule has 0 radical (unpaired) electrons. The zero-order chi connectivity index (χ0) is 18.9. The van der Waals surface area contributed by atoms with Gasteiger partial charge in [0.2, 0.25) is 0 Å². The minimum Gasteiger partial charge on any atom is -0.372 e. The molecule has 2 aliphatic heterocycles. The molecule has 2 aliphatic rings. The Balaban J connectivity index is 1.37. The van der Waals surface area contributed by atoms with Crippen molar-refractivity contribution in [2.75, 3.05) is 56.1 Å². The largest absolute Gasteiger partial charge is 0.372 e. The van der Waals surface area contributed by atoms with E-state index >= 15 is 0 Å². The van der Waals surface area contributed by atoms with Crippen LogP contribution < -0.4 is 9.80 Å². The lowest BCUT2D eigenvalue weighted by Crippen LogP contribution is -2.44. The predicted octanol–water partition coefficient (Wildman–Crippen LogP) is 3.37. The van der Waals surface area contributed by atoms with E-state index < -0.39 is 0 Å². The summed E-state index contributed by atoms with van der Waals surface area (Å²) in [5.74, 6) is 1.92. The van der Waals surface area contributed by atoms with Crippen LogP contribution in [-0.2, 0) is 0 Å². The van der Waals surface area contributed by atoms with Crippen LogP contribution in [0.1, 0.15) is 19.3 Å². The van der Waals surface area contributed by atoms with Crippen LogP contribution in [0.5, 0.6) is 0 Å². The van der Waals surface area contributed by atoms with E-state index in [9.17, 15) is 0 Å². The summed E-state index contributed by atoms with van der Waals surface area (Å²) in [6, 6.07) is 13.0. The van der Waals surface area contributed by atoms with Gasteiger partial charge in [0.1, 0.15) is 11.6 Å². The van der Waals surface area contributed by atoms with Gasteiger partial charge in [-0.05, 0) is 62.7 Å². The van der Waals surface area contributed by atoms with Gasteiger partial charge in [-0.3, -0.25) is 0 Å². The van der Waals surface area contributed by atoms with E-state index in [4.69, 9.17) is 9.97 Å². The van der Waals surface area contributed by atoms with E-state index in [1.54, 1.807) is 0 Å². The second kappa shape index (κ2) is 7.43. The monoisotopic (exact) mass is 376 g/mol. The lowest BCUT2D eigenvalue weighted by Gasteiger charge is -2.33. The van der Waals surface area contributed by atoms with Crippen molar-refractivity contribution in [3.8, 4) is 11.4 Å². The highest BCUT2D eigenvalue weighted by molar-refractivity contribution is 5.78. The first-order valence-electron chi connectivity index (χ1n) is 10.4. The molecule has 0 unspecified atom stereocenters. The average Bonchev–Trinajstić information content (AvgIpc) is 3.18. The van der Waals surface area contributed by atoms with Crippen LogP contribution in [0.25, 0.3) is 22.6 Å². The first-order chi connectivity index (χ1) is 13.8. The molecule has 5 rings (SSSR count). The molecule has 6 heteroatoms. The van der Waals surface area contributed by atoms with Gasteiger partial charge in [0, 0.05) is 50.5 Å². The SMILES string of the molecule is CN1CCN(c2ccc3[nH]c(-c4ccc(N5CCCCC5)cc4)nc3n2)CC1. The van der Waals surface area contributed by atoms with Gasteiger partial charge in [-0.15, -0.1) is 0 Å². The number of aromatic amines is 1. The molecular formula is C22H28N6. The number of piperidine rings is 1. The molecule has 0 amide bonds. The maximum absolute atomic E-state index is 4.82. The number of H-pyrrole nitrogens is 1. The van der Waals surface area contributed by atoms with Crippen molar-refractivity contribution >= 4 is 22.7 Å². The van der Waals surface area contributed by atoms with Crippen molar-refractivity contribution < 1.29 is 0 Å². The van der Waals surface area contributed by atoms with E-state index in [1.807, 2.05) is 0 Å². The summed E-state index contributed by atoms with van der Waals surface area (Å²) in [6.07, 6.45) is 3.95. The standard InChI is InChI=1S/C22H28N6/c1-26-13-15-28(16-14-26)20-10-9-19-22(24-20)25-21(23-19)17-5-7-18(8-6-17)27-11-3-2-4-12-27/h5-10H,2-4,11-16H2,1H3,(H,23,24,25). The van der Waals surface area contributed by atoms with E-state index in [1.165, 1.54) is 38.0 Å². The zero-order valence-electron chi connectivity index (χ0n) is 16.6. The molecule has 0 aliphatic carbocycles. The number of pyridine rings is 1. The maximum atomic E-state index is 4.82. The van der Waals surface area contributed by atoms with Gasteiger partial charge in [-0.25, -0.2) is 9.97 Å². The second-order valence-electron chi connectivity index (χ2n) is 8.01. The summed E-state index contributed by atoms with van der Waals surface area (Å²) >= 11 is 0. The third-order valence-electron chi connectivity index (χ3n) is 6.02. The highest BCUT2D eigenvalue weighted by Crippen LogP contribution is 2.26. The topological polar surface area (TPSA) is 51.3 Å². The number of anilines is 2. The van der Waals surface area contributed by atoms with Crippen molar-refractivity contribution in [2.45, 2.75) is 19.3 Å². The predicted molar refractivity (Wildman–Crippen MR) is 115 cm³/mol. The van der Waals surface area contributed by atoms with E-state index in [-0.39, 0.29) is 0 Å². The number of benzene rings is 1. The summed E-state index contributed by atoms with van der Waals surface area (Å²) in [7, 11) is 2.17. The van der Waals surface area contributed by atoms with Crippen LogP contribution in [0.2, 0.25) is 0 Å². The Morgan fingerprint density at radius 2 is 1.50 bits per heavy atom. The second-order valence-corrected chi connectivity index (χ2v) is 8.01. The molecule has 0 atom stereocenters. The maximum Gasteiger partial charge on any atom is 0.180 e. The highest BCUT2D eigenvalue weighted by atomic mass is 15.3. The first-order valence-corrected chi connectivity index (χ1v) is 10.4. The molecule has 2 saturated heterocycles. The average molecular weight is 377 g/mol. The lowest BCUT2D eigenvalue weighted by molar-refractivity contribution is 0.312. The minimum absolute atomic E-state index is 0.798. The Morgan fingerprint density at radius 3 is 2.25 bits per heavy atom. The van der Waals surface area contributed by atoms with Crippen molar-refractivity contribution in [1.29, 1.82) is 0 Å². The summed E-state index contributed by atoms with van der Waals surface area (Å²) in [4.78, 5) is 20.2. The van der Waals surface area contributed by atoms with E-state index in [0.717, 1.165) is 54.5 Å². The molecule has 146 valence electrons. The quantitative estimate of drug-likeness (QED) is 0.760. The van der Waals surface area contributed by atoms with E-state index in [0.29, 0.717) is 0 Å². The molecule has 6 nitrogen and oxygen atoms in total. The molecule has 1 N–H and O–H groups in total. The zero-order valence-corrected chi connectivity index (χ0v) is 16.6. The summed E-state index contributed by atoms with van der Waals surface area (Å²) in [6.45, 7) is 6.53. The summed E-state index contributed by atoms with van der Waals surface area (Å²) in [5.41, 5.74) is 4.22. The normalized spacial score (nSPS) is 18.8. The first kappa shape index (κ1) is 17.5. The van der Waals surface area contributed by atoms with Crippen molar-refractivity contribution in [3.63, 3.8) is 0 Å². The molecule has 0 spiro atoms. The van der Waals surface area contributed by atoms with Gasteiger partial charge in [-0.2, -0.15) is 0 Å². The van der Waals surface area contributed by atoms with Gasteiger partial charge >= 0.3 is 0 Å². The van der Waals surface area contributed by atoms with Gasteiger partial charge < -0.3 is 19.7 Å². The molecule has 3 aromatic rings. The molecule has 2 aromatic heterocycles. The van der Waals surface area contributed by atoms with Gasteiger partial charge in [-0.1, -0.05) is 0 Å². The Kier molecular flexibility index (Phi) is 4.64. The number of nitrogens with zero attached hydrogens (tertiary/aromatic N) is 5. The highest BCUT2D eigenvalue weighted by Gasteiger charge is 2.17. The molecule has 1 aromatic carbocycles. The lowest BCUT2D eigenvalue weighted by atomic mass is 10.1. The van der Waals surface area contributed by atoms with Crippen LogP contribution in [0.3, 0.4) is 0 Å². The van der Waals surface area contributed by atoms with Gasteiger partial charge in [0.15, 0.2) is 5.65 Å². The fraction of sp³-hybridized carbons (Fsp3) is 0.455. The van der Waals surface area contributed by atoms with Crippen molar-refractivity contribution in [2.24, 2.45) is 0 Å². The minimum atomic E-state index is 0.798. The van der Waals surface area contributed by atoms with Crippen LogP contribution in [-0.4, -0.2) is 66.2 Å². The fourth-order valence-corrected chi connectivity index (χ4v) is 4.21. The number of fused-ring (bicyclic) bond motifs is 1. The molecule has 0 bridgehead atoms. The molecule has 28 heavy (non-hydrogen) atoms. The number of nitrogens with one attached hydrogen (secondary N) is 1. The Bertz CT molecular complexity index is 933. The smallest absolute Gasteiger partial charge is 0.180 e. The number of aromatic nitrogens is 3. The number of hydrogen-bond donors (Lipinski definition) is 1. The fourth-order valence-electron chi connectivity index (χ4n) is 4.21. The molecular weight excluding hydrogens is 348 g/mol. The third kappa shape index (κ3) is 3.44. The number of likely N-dealkylation sites (N-methyl/N-ethyl adjacent to an activating group) is 1. The number of rotatable bonds is 3. The van der Waals surface area contributed by atoms with Crippen LogP contribution in [0.15, 0.2) is 36.4 Å². The molecule has 2 fully saturated rings. The summed E-state index contributed by atoms with van der Waals surface area (Å²) < 4.78 is 0. The van der Waals surface area contributed by atoms with E-state index in [2.05, 4.69) is 63.1 Å². The molecule has 4 heterocycles. The van der Waals surface area contributed by atoms with Crippen LogP contribution in [0.4, 0.5) is 11.5 Å². The Hall–Kier alpha value is -2.60. The number of hydrogen-bond acceptors (Lipinski definition) is 5. The number of imidazole rings is 1. The van der Waals surface area contributed by atoms with Gasteiger partial charge in [0.05, 0.1) is 5.52 Å². The van der Waals surface area contributed by atoms with Gasteiger partial charge in [0.25, 0.3) is 0 Å². The number of piperazine rings is 1. The summed E-state index contributed by atoms with van der Waals surface area (Å²) in [5, 5.41) is 0. The van der Waals surface area contributed by atoms with Crippen LogP contribution in [0, 0.1) is 0 Å². The Labute approximate surface area is 166 Å². The third-order valence-corrected chi connectivity index (χ3v) is 6.02.